The molecule has 0 amide bonds. The first-order valence-corrected chi connectivity index (χ1v) is 12.2. The van der Waals surface area contributed by atoms with Crippen LogP contribution >= 0.6 is 11.6 Å². The summed E-state index contributed by atoms with van der Waals surface area (Å²) in [4.78, 5) is 3.65. The van der Waals surface area contributed by atoms with E-state index in [4.69, 9.17) is 21.1 Å². The summed E-state index contributed by atoms with van der Waals surface area (Å²) in [5.41, 5.74) is 3.02. The lowest BCUT2D eigenvalue weighted by atomic mass is 10.1. The number of hydrogen-bond donors (Lipinski definition) is 1. The first-order chi connectivity index (χ1) is 16.3. The Morgan fingerprint density at radius 3 is 2.44 bits per heavy atom. The van der Waals surface area contributed by atoms with Crippen molar-refractivity contribution >= 4 is 33.9 Å². The van der Waals surface area contributed by atoms with Crippen molar-refractivity contribution in [3.05, 3.63) is 107 Å². The van der Waals surface area contributed by atoms with E-state index in [1.54, 1.807) is 12.1 Å². The monoisotopic (exact) mass is 496 g/mol. The van der Waals surface area contributed by atoms with Crippen LogP contribution in [0.4, 0.5) is 0 Å². The Bertz CT molecular complexity index is 1300. The van der Waals surface area contributed by atoms with Gasteiger partial charge in [-0.25, -0.2) is 8.42 Å². The predicted octanol–water partition coefficient (Wildman–Crippen LogP) is 5.85. The van der Waals surface area contributed by atoms with Gasteiger partial charge in [0.2, 0.25) is 0 Å². The lowest BCUT2D eigenvalue weighted by Gasteiger charge is -2.13. The molecule has 3 aromatic carbocycles. The molecule has 0 saturated heterocycles. The molecule has 0 radical (unpaired) electrons. The predicted molar refractivity (Wildman–Crippen MR) is 137 cm³/mol. The van der Waals surface area contributed by atoms with Crippen molar-refractivity contribution in [2.45, 2.75) is 18.4 Å². The van der Waals surface area contributed by atoms with Crippen molar-refractivity contribution in [2.24, 2.45) is 4.99 Å². The number of allylic oxidation sites excluding steroid dienone is 2. The summed E-state index contributed by atoms with van der Waals surface area (Å²) in [5.74, 6) is 0.910. The highest BCUT2D eigenvalue weighted by Gasteiger charge is 2.21. The van der Waals surface area contributed by atoms with E-state index in [1.807, 2.05) is 61.5 Å². The Balaban J connectivity index is 1.77. The summed E-state index contributed by atoms with van der Waals surface area (Å²) >= 11 is 6.00. The van der Waals surface area contributed by atoms with E-state index < -0.39 is 10.0 Å². The number of nitrogens with zero attached hydrogens (tertiary/aromatic N) is 1. The number of sulfonamides is 1. The van der Waals surface area contributed by atoms with Gasteiger partial charge in [0, 0.05) is 5.02 Å². The SMILES string of the molecule is C=N/C=C(\C=C(/C)c1ccc(OCc2ccccc2)cc1)NS(=O)(=O)c1cc(Cl)ccc1OC. The van der Waals surface area contributed by atoms with Gasteiger partial charge in [0.25, 0.3) is 10.0 Å². The van der Waals surface area contributed by atoms with E-state index in [0.29, 0.717) is 6.61 Å². The Morgan fingerprint density at radius 2 is 1.79 bits per heavy atom. The molecule has 0 saturated carbocycles. The molecule has 0 aliphatic heterocycles. The van der Waals surface area contributed by atoms with Crippen LogP contribution in [-0.2, 0) is 16.6 Å². The minimum Gasteiger partial charge on any atom is -0.495 e. The van der Waals surface area contributed by atoms with Crippen molar-refractivity contribution in [1.29, 1.82) is 0 Å². The summed E-state index contributed by atoms with van der Waals surface area (Å²) in [5, 5.41) is 0.273. The van der Waals surface area contributed by atoms with Crippen molar-refractivity contribution in [1.82, 2.24) is 4.72 Å². The number of aliphatic imine (C=N–C) groups is 1. The second kappa shape index (κ2) is 11.5. The highest BCUT2D eigenvalue weighted by atomic mass is 35.5. The normalized spacial score (nSPS) is 12.2. The fraction of sp³-hybridized carbons (Fsp3) is 0.115. The van der Waals surface area contributed by atoms with Gasteiger partial charge in [0.15, 0.2) is 0 Å². The van der Waals surface area contributed by atoms with Gasteiger partial charge in [-0.05, 0) is 66.7 Å². The minimum atomic E-state index is -4.00. The molecule has 0 aliphatic carbocycles. The Morgan fingerprint density at radius 1 is 1.09 bits per heavy atom. The Labute approximate surface area is 205 Å². The lowest BCUT2D eigenvalue weighted by molar-refractivity contribution is 0.306. The third-order valence-corrected chi connectivity index (χ3v) is 6.47. The van der Waals surface area contributed by atoms with E-state index in [9.17, 15) is 8.42 Å². The first-order valence-electron chi connectivity index (χ1n) is 10.3. The molecule has 34 heavy (non-hydrogen) atoms. The zero-order chi connectivity index (χ0) is 24.6. The maximum absolute atomic E-state index is 13.0. The average molecular weight is 497 g/mol. The summed E-state index contributed by atoms with van der Waals surface area (Å²) < 4.78 is 39.5. The van der Waals surface area contributed by atoms with Gasteiger partial charge in [-0.3, -0.25) is 9.71 Å². The highest BCUT2D eigenvalue weighted by Crippen LogP contribution is 2.28. The van der Waals surface area contributed by atoms with Crippen molar-refractivity contribution in [3.63, 3.8) is 0 Å². The van der Waals surface area contributed by atoms with Gasteiger partial charge in [-0.1, -0.05) is 54.1 Å². The van der Waals surface area contributed by atoms with E-state index >= 15 is 0 Å². The van der Waals surface area contributed by atoms with Gasteiger partial charge in [0.05, 0.1) is 19.0 Å². The molecular formula is C26H25ClN2O4S. The van der Waals surface area contributed by atoms with Crippen molar-refractivity contribution in [3.8, 4) is 11.5 Å². The molecule has 3 aromatic rings. The second-order valence-corrected chi connectivity index (χ2v) is 9.38. The molecule has 0 aromatic heterocycles. The minimum absolute atomic E-state index is 0.0802. The molecule has 0 aliphatic rings. The summed E-state index contributed by atoms with van der Waals surface area (Å²) in [7, 11) is -2.60. The van der Waals surface area contributed by atoms with Gasteiger partial charge < -0.3 is 9.47 Å². The number of benzene rings is 3. The molecule has 0 bridgehead atoms. The molecular weight excluding hydrogens is 472 g/mol. The fourth-order valence-corrected chi connectivity index (χ4v) is 4.60. The summed E-state index contributed by atoms with van der Waals surface area (Å²) in [6.07, 6.45) is 3.00. The molecule has 0 spiro atoms. The summed E-state index contributed by atoms with van der Waals surface area (Å²) in [6.45, 7) is 5.78. The highest BCUT2D eigenvalue weighted by molar-refractivity contribution is 7.89. The first kappa shape index (κ1) is 25.1. The molecule has 0 fully saturated rings. The van der Waals surface area contributed by atoms with Gasteiger partial charge in [0.1, 0.15) is 23.0 Å². The number of nitrogens with one attached hydrogen (secondary N) is 1. The smallest absolute Gasteiger partial charge is 0.265 e. The Hall–Kier alpha value is -3.55. The van der Waals surface area contributed by atoms with Gasteiger partial charge in [-0.15, -0.1) is 0 Å². The molecule has 6 nitrogen and oxygen atoms in total. The van der Waals surface area contributed by atoms with E-state index in [-0.39, 0.29) is 21.4 Å². The van der Waals surface area contributed by atoms with Crippen LogP contribution in [0.25, 0.3) is 5.57 Å². The number of ether oxygens (including phenoxy) is 2. The standard InChI is InChI=1S/C26H25ClN2O4S/c1-19(21-9-12-24(13-10-21)33-18-20-7-5-4-6-8-20)15-23(17-28-2)29-34(30,31)26-16-22(27)11-14-25(26)32-3/h4-17,29H,2,18H2,1,3H3/b19-15+,23-17+. The topological polar surface area (TPSA) is 77.0 Å². The largest absolute Gasteiger partial charge is 0.495 e. The third-order valence-electron chi connectivity index (χ3n) is 4.83. The fourth-order valence-electron chi connectivity index (χ4n) is 3.13. The molecule has 0 unspecified atom stereocenters. The number of halogens is 1. The van der Waals surface area contributed by atoms with Crippen LogP contribution in [0.2, 0.25) is 5.02 Å². The van der Waals surface area contributed by atoms with Crippen LogP contribution in [-0.4, -0.2) is 22.2 Å². The van der Waals surface area contributed by atoms with Gasteiger partial charge >= 0.3 is 0 Å². The number of hydrogen-bond acceptors (Lipinski definition) is 5. The quantitative estimate of drug-likeness (QED) is 0.282. The zero-order valence-electron chi connectivity index (χ0n) is 18.9. The average Bonchev–Trinajstić information content (AvgIpc) is 2.83. The lowest BCUT2D eigenvalue weighted by Crippen LogP contribution is -2.23. The molecule has 0 atom stereocenters. The molecule has 176 valence electrons. The van der Waals surface area contributed by atoms with Crippen LogP contribution in [0.1, 0.15) is 18.1 Å². The Kier molecular flexibility index (Phi) is 8.51. The van der Waals surface area contributed by atoms with Crippen LogP contribution in [0.3, 0.4) is 0 Å². The van der Waals surface area contributed by atoms with Crippen molar-refractivity contribution < 1.29 is 17.9 Å². The summed E-state index contributed by atoms with van der Waals surface area (Å²) in [6, 6.07) is 21.8. The van der Waals surface area contributed by atoms with E-state index in [0.717, 1.165) is 22.4 Å². The number of rotatable bonds is 10. The van der Waals surface area contributed by atoms with Crippen LogP contribution in [0.5, 0.6) is 11.5 Å². The second-order valence-electron chi connectivity index (χ2n) is 7.29. The maximum atomic E-state index is 13.0. The van der Waals surface area contributed by atoms with Crippen LogP contribution in [0.15, 0.2) is 101 Å². The van der Waals surface area contributed by atoms with Gasteiger partial charge in [-0.2, -0.15) is 0 Å². The molecule has 3 rings (SSSR count). The third kappa shape index (κ3) is 6.73. The van der Waals surface area contributed by atoms with Crippen LogP contribution < -0.4 is 14.2 Å². The number of methoxy groups -OCH3 is 1. The molecule has 1 N–H and O–H groups in total. The maximum Gasteiger partial charge on any atom is 0.265 e. The van der Waals surface area contributed by atoms with E-state index in [2.05, 4.69) is 16.4 Å². The van der Waals surface area contributed by atoms with E-state index in [1.165, 1.54) is 25.4 Å². The molecule has 0 heterocycles. The zero-order valence-corrected chi connectivity index (χ0v) is 20.4. The van der Waals surface area contributed by atoms with Crippen LogP contribution in [0, 0.1) is 0 Å². The van der Waals surface area contributed by atoms with Crippen molar-refractivity contribution in [2.75, 3.05) is 7.11 Å². The molecule has 8 heteroatoms.